The highest BCUT2D eigenvalue weighted by molar-refractivity contribution is 5.27. The second-order valence-electron chi connectivity index (χ2n) is 3.59. The number of hydrogen-bond acceptors (Lipinski definition) is 2. The van der Waals surface area contributed by atoms with Crippen LogP contribution in [0, 0.1) is 0 Å². The van der Waals surface area contributed by atoms with Gasteiger partial charge in [-0.15, -0.1) is 0 Å². The van der Waals surface area contributed by atoms with Crippen LogP contribution in [0.1, 0.15) is 16.8 Å². The second-order valence-corrected chi connectivity index (χ2v) is 3.59. The number of rotatable bonds is 2. The lowest BCUT2D eigenvalue weighted by Gasteiger charge is -2.07. The molecule has 0 aliphatic carbocycles. The Labute approximate surface area is 96.1 Å². The normalized spacial score (nSPS) is 11.5. The van der Waals surface area contributed by atoms with Gasteiger partial charge in [-0.05, 0) is 29.8 Å². The van der Waals surface area contributed by atoms with Gasteiger partial charge in [-0.3, -0.25) is 0 Å². The number of hydrogen-bond donors (Lipinski definition) is 0. The maximum Gasteiger partial charge on any atom is 0.416 e. The van der Waals surface area contributed by atoms with Crippen molar-refractivity contribution in [1.82, 2.24) is 10.2 Å². The molecule has 88 valence electrons. The lowest BCUT2D eigenvalue weighted by molar-refractivity contribution is -0.137. The molecule has 0 unspecified atom stereocenters. The molecular formula is C12H9F3N2. The predicted molar refractivity (Wildman–Crippen MR) is 56.3 cm³/mol. The molecule has 2 aromatic rings. The Morgan fingerprint density at radius 1 is 1.00 bits per heavy atom. The van der Waals surface area contributed by atoms with Crippen LogP contribution in [0.4, 0.5) is 13.2 Å². The zero-order valence-corrected chi connectivity index (χ0v) is 8.78. The zero-order chi connectivity index (χ0) is 12.3. The van der Waals surface area contributed by atoms with E-state index in [1.165, 1.54) is 12.1 Å². The molecule has 0 N–H and O–H groups in total. The standard InChI is InChI=1S/C12H9F3N2/c13-12(14,15)10-5-3-9(4-6-10)8-11-2-1-7-16-17-11/h1-7H,8H2. The minimum absolute atomic E-state index is 0.478. The first-order valence-electron chi connectivity index (χ1n) is 4.98. The van der Waals surface area contributed by atoms with E-state index in [2.05, 4.69) is 10.2 Å². The topological polar surface area (TPSA) is 25.8 Å². The van der Waals surface area contributed by atoms with Crippen LogP contribution < -0.4 is 0 Å². The van der Waals surface area contributed by atoms with E-state index in [-0.39, 0.29) is 0 Å². The average Bonchev–Trinajstić information content (AvgIpc) is 2.30. The van der Waals surface area contributed by atoms with Crippen molar-refractivity contribution in [2.75, 3.05) is 0 Å². The highest BCUT2D eigenvalue weighted by Gasteiger charge is 2.29. The quantitative estimate of drug-likeness (QED) is 0.803. The van der Waals surface area contributed by atoms with Gasteiger partial charge in [-0.1, -0.05) is 12.1 Å². The van der Waals surface area contributed by atoms with Gasteiger partial charge < -0.3 is 0 Å². The molecule has 0 amide bonds. The van der Waals surface area contributed by atoms with E-state index >= 15 is 0 Å². The molecule has 2 nitrogen and oxygen atoms in total. The van der Waals surface area contributed by atoms with Crippen molar-refractivity contribution in [1.29, 1.82) is 0 Å². The van der Waals surface area contributed by atoms with Gasteiger partial charge in [0.2, 0.25) is 0 Å². The Morgan fingerprint density at radius 3 is 2.24 bits per heavy atom. The highest BCUT2D eigenvalue weighted by atomic mass is 19.4. The van der Waals surface area contributed by atoms with Gasteiger partial charge in [-0.2, -0.15) is 23.4 Å². The predicted octanol–water partition coefficient (Wildman–Crippen LogP) is 3.09. The Bertz CT molecular complexity index is 477. The van der Waals surface area contributed by atoms with Crippen LogP contribution in [-0.2, 0) is 12.6 Å². The fourth-order valence-electron chi connectivity index (χ4n) is 1.45. The molecule has 0 saturated carbocycles. The summed E-state index contributed by atoms with van der Waals surface area (Å²) in [6.45, 7) is 0. The van der Waals surface area contributed by atoms with E-state index in [4.69, 9.17) is 0 Å². The average molecular weight is 238 g/mol. The Kier molecular flexibility index (Phi) is 3.08. The zero-order valence-electron chi connectivity index (χ0n) is 8.78. The molecule has 1 aromatic carbocycles. The molecule has 0 aliphatic heterocycles. The van der Waals surface area contributed by atoms with Gasteiger partial charge >= 0.3 is 6.18 Å². The third-order valence-electron chi connectivity index (χ3n) is 2.29. The van der Waals surface area contributed by atoms with E-state index < -0.39 is 11.7 Å². The summed E-state index contributed by atoms with van der Waals surface area (Å²) < 4.78 is 37.0. The molecule has 0 bridgehead atoms. The molecule has 0 aliphatic rings. The SMILES string of the molecule is FC(F)(F)c1ccc(Cc2cccnn2)cc1. The monoisotopic (exact) mass is 238 g/mol. The van der Waals surface area contributed by atoms with Crippen molar-refractivity contribution in [3.63, 3.8) is 0 Å². The Morgan fingerprint density at radius 2 is 1.71 bits per heavy atom. The number of nitrogens with zero attached hydrogens (tertiary/aromatic N) is 2. The van der Waals surface area contributed by atoms with E-state index in [0.717, 1.165) is 23.4 Å². The molecule has 5 heteroatoms. The maximum absolute atomic E-state index is 12.3. The van der Waals surface area contributed by atoms with Crippen LogP contribution in [0.3, 0.4) is 0 Å². The minimum atomic E-state index is -4.29. The number of halogens is 3. The van der Waals surface area contributed by atoms with E-state index in [1.54, 1.807) is 18.3 Å². The summed E-state index contributed by atoms with van der Waals surface area (Å²) in [6, 6.07) is 8.59. The van der Waals surface area contributed by atoms with Crippen molar-refractivity contribution in [3.05, 3.63) is 59.4 Å². The van der Waals surface area contributed by atoms with Gasteiger partial charge in [-0.25, -0.2) is 0 Å². The van der Waals surface area contributed by atoms with Gasteiger partial charge in [0.25, 0.3) is 0 Å². The van der Waals surface area contributed by atoms with E-state index in [0.29, 0.717) is 6.42 Å². The first-order chi connectivity index (χ1) is 8.05. The van der Waals surface area contributed by atoms with E-state index in [9.17, 15) is 13.2 Å². The summed E-state index contributed by atoms with van der Waals surface area (Å²) in [5.74, 6) is 0. The molecule has 1 heterocycles. The van der Waals surface area contributed by atoms with Gasteiger partial charge in [0, 0.05) is 12.6 Å². The summed E-state index contributed by atoms with van der Waals surface area (Å²) in [4.78, 5) is 0. The molecule has 0 spiro atoms. The summed E-state index contributed by atoms with van der Waals surface area (Å²) in [5, 5.41) is 7.58. The van der Waals surface area contributed by atoms with Crippen LogP contribution in [0.2, 0.25) is 0 Å². The highest BCUT2D eigenvalue weighted by Crippen LogP contribution is 2.29. The van der Waals surface area contributed by atoms with Crippen LogP contribution in [0.15, 0.2) is 42.6 Å². The third-order valence-corrected chi connectivity index (χ3v) is 2.29. The molecule has 2 rings (SSSR count). The van der Waals surface area contributed by atoms with Crippen molar-refractivity contribution in [3.8, 4) is 0 Å². The summed E-state index contributed by atoms with van der Waals surface area (Å²) in [6.07, 6.45) is -2.26. The first-order valence-corrected chi connectivity index (χ1v) is 4.98. The van der Waals surface area contributed by atoms with Gasteiger partial charge in [0.15, 0.2) is 0 Å². The lowest BCUT2D eigenvalue weighted by Crippen LogP contribution is -2.04. The molecule has 1 aromatic heterocycles. The maximum atomic E-state index is 12.3. The smallest absolute Gasteiger partial charge is 0.166 e. The largest absolute Gasteiger partial charge is 0.416 e. The minimum Gasteiger partial charge on any atom is -0.166 e. The van der Waals surface area contributed by atoms with Crippen molar-refractivity contribution in [2.45, 2.75) is 12.6 Å². The number of aromatic nitrogens is 2. The summed E-state index contributed by atoms with van der Waals surface area (Å²) in [5.41, 5.74) is 0.867. The molecule has 0 fully saturated rings. The Balaban J connectivity index is 2.14. The van der Waals surface area contributed by atoms with Crippen molar-refractivity contribution >= 4 is 0 Å². The second kappa shape index (κ2) is 4.53. The van der Waals surface area contributed by atoms with Crippen LogP contribution in [0.5, 0.6) is 0 Å². The number of alkyl halides is 3. The third kappa shape index (κ3) is 3.03. The molecule has 17 heavy (non-hydrogen) atoms. The first kappa shape index (κ1) is 11.6. The fourth-order valence-corrected chi connectivity index (χ4v) is 1.45. The molecule has 0 radical (unpaired) electrons. The van der Waals surface area contributed by atoms with Crippen LogP contribution in [-0.4, -0.2) is 10.2 Å². The molecule has 0 saturated heterocycles. The molecular weight excluding hydrogens is 229 g/mol. The Hall–Kier alpha value is -1.91. The van der Waals surface area contributed by atoms with Crippen LogP contribution in [0.25, 0.3) is 0 Å². The lowest BCUT2D eigenvalue weighted by atomic mass is 10.1. The van der Waals surface area contributed by atoms with Crippen LogP contribution >= 0.6 is 0 Å². The van der Waals surface area contributed by atoms with Crippen molar-refractivity contribution < 1.29 is 13.2 Å². The van der Waals surface area contributed by atoms with Gasteiger partial charge in [0.05, 0.1) is 11.3 Å². The fraction of sp³-hybridized carbons (Fsp3) is 0.167. The summed E-state index contributed by atoms with van der Waals surface area (Å²) >= 11 is 0. The van der Waals surface area contributed by atoms with Gasteiger partial charge in [0.1, 0.15) is 0 Å². The van der Waals surface area contributed by atoms with E-state index in [1.807, 2.05) is 0 Å². The number of benzene rings is 1. The summed E-state index contributed by atoms with van der Waals surface area (Å²) in [7, 11) is 0. The molecule has 0 atom stereocenters. The van der Waals surface area contributed by atoms with Crippen molar-refractivity contribution in [2.24, 2.45) is 0 Å².